The van der Waals surface area contributed by atoms with E-state index < -0.39 is 0 Å². The Hall–Kier alpha value is -0.980. The van der Waals surface area contributed by atoms with Crippen molar-refractivity contribution in [1.82, 2.24) is 10.1 Å². The predicted molar refractivity (Wildman–Crippen MR) is 50.9 cm³/mol. The molecule has 1 aliphatic heterocycles. The van der Waals surface area contributed by atoms with Gasteiger partial charge in [-0.25, -0.2) is 0 Å². The van der Waals surface area contributed by atoms with Crippen LogP contribution >= 0.6 is 0 Å². The van der Waals surface area contributed by atoms with E-state index in [-0.39, 0.29) is 18.6 Å². The Morgan fingerprint density at radius 2 is 2.40 bits per heavy atom. The van der Waals surface area contributed by atoms with Crippen molar-refractivity contribution >= 4 is 0 Å². The molecule has 0 bridgehead atoms. The summed E-state index contributed by atoms with van der Waals surface area (Å²) in [5.74, 6) is 1.25. The normalized spacial score (nSPS) is 26.0. The second-order valence-electron chi connectivity index (χ2n) is 3.60. The van der Waals surface area contributed by atoms with E-state index in [9.17, 15) is 0 Å². The van der Waals surface area contributed by atoms with Crippen molar-refractivity contribution in [2.24, 2.45) is 11.7 Å². The molecular weight excluding hydrogens is 198 g/mol. The second-order valence-corrected chi connectivity index (χ2v) is 3.60. The average Bonchev–Trinajstić information content (AvgIpc) is 2.84. The van der Waals surface area contributed by atoms with Crippen LogP contribution in [0.15, 0.2) is 4.52 Å². The maximum atomic E-state index is 8.72. The minimum absolute atomic E-state index is 0.0187. The minimum atomic E-state index is -0.171. The first-order valence-electron chi connectivity index (χ1n) is 5.10. The number of aromatic nitrogens is 2. The van der Waals surface area contributed by atoms with E-state index >= 15 is 0 Å². The molecule has 1 saturated heterocycles. The van der Waals surface area contributed by atoms with Gasteiger partial charge in [0.2, 0.25) is 0 Å². The van der Waals surface area contributed by atoms with Crippen LogP contribution in [0.2, 0.25) is 0 Å². The Morgan fingerprint density at radius 3 is 3.13 bits per heavy atom. The third-order valence-corrected chi connectivity index (χ3v) is 2.58. The summed E-state index contributed by atoms with van der Waals surface area (Å²) in [6.45, 7) is 1.26. The van der Waals surface area contributed by atoms with Crippen molar-refractivity contribution in [3.8, 4) is 0 Å². The van der Waals surface area contributed by atoms with Gasteiger partial charge in [0.05, 0.1) is 6.61 Å². The summed E-state index contributed by atoms with van der Waals surface area (Å²) in [6.07, 6.45) is 1.16. The van der Waals surface area contributed by atoms with E-state index in [1.54, 1.807) is 0 Å². The fourth-order valence-corrected chi connectivity index (χ4v) is 1.73. The minimum Gasteiger partial charge on any atom is -0.396 e. The molecule has 1 fully saturated rings. The monoisotopic (exact) mass is 213 g/mol. The molecule has 6 heteroatoms. The van der Waals surface area contributed by atoms with Crippen LogP contribution in [0.1, 0.15) is 24.2 Å². The van der Waals surface area contributed by atoms with E-state index in [2.05, 4.69) is 10.1 Å². The molecule has 0 aromatic carbocycles. The highest BCUT2D eigenvalue weighted by Crippen LogP contribution is 2.32. The van der Waals surface area contributed by atoms with Crippen molar-refractivity contribution in [3.63, 3.8) is 0 Å². The summed E-state index contributed by atoms with van der Waals surface area (Å²) in [7, 11) is 0. The highest BCUT2D eigenvalue weighted by atomic mass is 16.5. The SMILES string of the molecule is NCC1CCOC1c1nc(CCO)no1. The fraction of sp³-hybridized carbons (Fsp3) is 0.778. The number of ether oxygens (including phenoxy) is 1. The largest absolute Gasteiger partial charge is 0.396 e. The highest BCUT2D eigenvalue weighted by Gasteiger charge is 2.32. The molecule has 0 saturated carbocycles. The van der Waals surface area contributed by atoms with E-state index in [4.69, 9.17) is 20.1 Å². The Balaban J connectivity index is 2.07. The number of nitrogens with zero attached hydrogens (tertiary/aromatic N) is 2. The van der Waals surface area contributed by atoms with Crippen LogP contribution in [0.4, 0.5) is 0 Å². The molecule has 1 aromatic heterocycles. The van der Waals surface area contributed by atoms with E-state index in [1.807, 2.05) is 0 Å². The molecule has 84 valence electrons. The van der Waals surface area contributed by atoms with E-state index in [0.717, 1.165) is 6.42 Å². The van der Waals surface area contributed by atoms with Gasteiger partial charge in [0, 0.05) is 18.9 Å². The van der Waals surface area contributed by atoms with Crippen LogP contribution in [0.25, 0.3) is 0 Å². The first-order valence-corrected chi connectivity index (χ1v) is 5.10. The Bertz CT molecular complexity index is 315. The maximum Gasteiger partial charge on any atom is 0.256 e. The topological polar surface area (TPSA) is 94.4 Å². The van der Waals surface area contributed by atoms with Crippen molar-refractivity contribution in [2.75, 3.05) is 19.8 Å². The van der Waals surface area contributed by atoms with Gasteiger partial charge in [-0.05, 0) is 13.0 Å². The maximum absolute atomic E-state index is 8.72. The lowest BCUT2D eigenvalue weighted by Crippen LogP contribution is -2.18. The van der Waals surface area contributed by atoms with Gasteiger partial charge in [0.15, 0.2) is 5.82 Å². The lowest BCUT2D eigenvalue weighted by molar-refractivity contribution is 0.0642. The zero-order chi connectivity index (χ0) is 10.7. The molecule has 6 nitrogen and oxygen atoms in total. The number of nitrogens with two attached hydrogens (primary N) is 1. The van der Waals surface area contributed by atoms with Crippen molar-refractivity contribution in [1.29, 1.82) is 0 Å². The van der Waals surface area contributed by atoms with Gasteiger partial charge in [-0.2, -0.15) is 4.98 Å². The molecular formula is C9H15N3O3. The highest BCUT2D eigenvalue weighted by molar-refractivity contribution is 4.95. The molecule has 2 rings (SSSR count). The summed E-state index contributed by atoms with van der Waals surface area (Å²) < 4.78 is 10.6. The van der Waals surface area contributed by atoms with Gasteiger partial charge in [-0.15, -0.1) is 0 Å². The standard InChI is InChI=1S/C9H15N3O3/c10-5-6-2-4-14-8(6)9-11-7(1-3-13)12-15-9/h6,8,13H,1-5,10H2. The number of hydrogen-bond acceptors (Lipinski definition) is 6. The molecule has 1 aromatic rings. The summed E-state index contributed by atoms with van der Waals surface area (Å²) in [5.41, 5.74) is 5.62. The van der Waals surface area contributed by atoms with Crippen LogP contribution in [0, 0.1) is 5.92 Å². The third-order valence-electron chi connectivity index (χ3n) is 2.58. The number of rotatable bonds is 4. The van der Waals surface area contributed by atoms with Crippen molar-refractivity contribution in [2.45, 2.75) is 18.9 Å². The molecule has 2 heterocycles. The lowest BCUT2D eigenvalue weighted by Gasteiger charge is -2.11. The lowest BCUT2D eigenvalue weighted by atomic mass is 10.0. The van der Waals surface area contributed by atoms with Gasteiger partial charge < -0.3 is 20.1 Å². The smallest absolute Gasteiger partial charge is 0.256 e. The van der Waals surface area contributed by atoms with Crippen molar-refractivity contribution in [3.05, 3.63) is 11.7 Å². The predicted octanol–water partition coefficient (Wildman–Crippen LogP) is -0.359. The van der Waals surface area contributed by atoms with Gasteiger partial charge in [-0.3, -0.25) is 0 Å². The number of hydrogen-bond donors (Lipinski definition) is 2. The number of aliphatic hydroxyl groups is 1. The Morgan fingerprint density at radius 1 is 1.53 bits per heavy atom. The van der Waals surface area contributed by atoms with Crippen LogP contribution in [-0.2, 0) is 11.2 Å². The van der Waals surface area contributed by atoms with Crippen LogP contribution in [0.5, 0.6) is 0 Å². The summed E-state index contributed by atoms with van der Waals surface area (Å²) in [5, 5.41) is 12.5. The third kappa shape index (κ3) is 2.17. The van der Waals surface area contributed by atoms with Crippen molar-refractivity contribution < 1.29 is 14.4 Å². The quantitative estimate of drug-likeness (QED) is 0.709. The fourth-order valence-electron chi connectivity index (χ4n) is 1.73. The first kappa shape index (κ1) is 10.5. The summed E-state index contributed by atoms with van der Waals surface area (Å²) in [6, 6.07) is 0. The van der Waals surface area contributed by atoms with E-state index in [1.165, 1.54) is 0 Å². The zero-order valence-corrected chi connectivity index (χ0v) is 8.43. The molecule has 0 amide bonds. The summed E-state index contributed by atoms with van der Waals surface area (Å²) in [4.78, 5) is 4.16. The molecule has 3 N–H and O–H groups in total. The summed E-state index contributed by atoms with van der Waals surface area (Å²) >= 11 is 0. The first-order chi connectivity index (χ1) is 7.35. The average molecular weight is 213 g/mol. The van der Waals surface area contributed by atoms with Crippen LogP contribution in [0.3, 0.4) is 0 Å². The number of aliphatic hydroxyl groups excluding tert-OH is 1. The Kier molecular flexibility index (Phi) is 3.30. The molecule has 1 aliphatic rings. The zero-order valence-electron chi connectivity index (χ0n) is 8.43. The van der Waals surface area contributed by atoms with Gasteiger partial charge in [-0.1, -0.05) is 5.16 Å². The molecule has 0 spiro atoms. The van der Waals surface area contributed by atoms with Crippen LogP contribution < -0.4 is 5.73 Å². The van der Waals surface area contributed by atoms with Gasteiger partial charge in [0.1, 0.15) is 6.10 Å². The van der Waals surface area contributed by atoms with Gasteiger partial charge in [0.25, 0.3) is 5.89 Å². The molecule has 0 aliphatic carbocycles. The molecule has 2 unspecified atom stereocenters. The van der Waals surface area contributed by atoms with Gasteiger partial charge >= 0.3 is 0 Å². The second kappa shape index (κ2) is 4.69. The molecule has 2 atom stereocenters. The molecule has 15 heavy (non-hydrogen) atoms. The van der Waals surface area contributed by atoms with Crippen LogP contribution in [-0.4, -0.2) is 35.0 Å². The molecule has 0 radical (unpaired) electrons. The van der Waals surface area contributed by atoms with E-state index in [0.29, 0.717) is 31.3 Å². The Labute approximate surface area is 87.4 Å².